The zero-order valence-corrected chi connectivity index (χ0v) is 20.8. The molecule has 3 aliphatic rings. The highest BCUT2D eigenvalue weighted by molar-refractivity contribution is 5.98. The van der Waals surface area contributed by atoms with Gasteiger partial charge in [-0.3, -0.25) is 19.3 Å². The summed E-state index contributed by atoms with van der Waals surface area (Å²) in [4.78, 5) is 43.3. The fourth-order valence-corrected chi connectivity index (χ4v) is 5.16. The van der Waals surface area contributed by atoms with Gasteiger partial charge in [0, 0.05) is 50.1 Å². The number of amides is 3. The monoisotopic (exact) mass is 471 g/mol. The van der Waals surface area contributed by atoms with Crippen molar-refractivity contribution in [1.82, 2.24) is 15.1 Å². The van der Waals surface area contributed by atoms with E-state index >= 15 is 0 Å². The van der Waals surface area contributed by atoms with Crippen LogP contribution < -0.4 is 5.32 Å². The molecule has 3 fully saturated rings. The summed E-state index contributed by atoms with van der Waals surface area (Å²) in [5, 5.41) is 2.98. The van der Waals surface area contributed by atoms with Crippen molar-refractivity contribution in [2.45, 2.75) is 71.2 Å². The van der Waals surface area contributed by atoms with Crippen LogP contribution in [0.1, 0.15) is 62.4 Å². The van der Waals surface area contributed by atoms with Crippen molar-refractivity contribution in [2.24, 2.45) is 5.41 Å². The van der Waals surface area contributed by atoms with E-state index in [9.17, 15) is 14.4 Å². The summed E-state index contributed by atoms with van der Waals surface area (Å²) in [5.74, 6) is -0.349. The van der Waals surface area contributed by atoms with Crippen molar-refractivity contribution in [1.29, 1.82) is 0 Å². The molecule has 34 heavy (non-hydrogen) atoms. The number of carbonyl (C=O) groups is 3. The van der Waals surface area contributed by atoms with E-state index in [1.165, 1.54) is 0 Å². The van der Waals surface area contributed by atoms with Crippen molar-refractivity contribution < 1.29 is 23.9 Å². The summed E-state index contributed by atoms with van der Waals surface area (Å²) in [6.45, 7) is 9.93. The smallest absolute Gasteiger partial charge is 0.256 e. The minimum Gasteiger partial charge on any atom is -0.376 e. The summed E-state index contributed by atoms with van der Waals surface area (Å²) in [5.41, 5.74) is 0.143. The van der Waals surface area contributed by atoms with Gasteiger partial charge < -0.3 is 19.7 Å². The highest BCUT2D eigenvalue weighted by atomic mass is 16.5. The van der Waals surface area contributed by atoms with Crippen molar-refractivity contribution >= 4 is 17.7 Å². The third-order valence-electron chi connectivity index (χ3n) is 7.05. The zero-order chi connectivity index (χ0) is 24.5. The van der Waals surface area contributed by atoms with Gasteiger partial charge in [0.1, 0.15) is 11.8 Å². The summed E-state index contributed by atoms with van der Waals surface area (Å²) in [6.07, 6.45) is 2.89. The number of nitrogens with zero attached hydrogens (tertiary/aromatic N) is 2. The maximum Gasteiger partial charge on any atom is 0.256 e. The van der Waals surface area contributed by atoms with Gasteiger partial charge in [0.15, 0.2) is 0 Å². The third kappa shape index (κ3) is 4.98. The Morgan fingerprint density at radius 2 is 1.91 bits per heavy atom. The molecule has 1 spiro atoms. The van der Waals surface area contributed by atoms with Crippen LogP contribution in [0.4, 0.5) is 0 Å². The van der Waals surface area contributed by atoms with Crippen LogP contribution in [0, 0.1) is 12.3 Å². The number of hydrogen-bond donors (Lipinski definition) is 1. The molecule has 0 bridgehead atoms. The molecule has 3 aliphatic heterocycles. The summed E-state index contributed by atoms with van der Waals surface area (Å²) >= 11 is 0. The molecule has 0 saturated carbocycles. The number of carbonyl (C=O) groups excluding carboxylic acids is 3. The second-order valence-corrected chi connectivity index (χ2v) is 10.7. The number of nitrogens with one attached hydrogen (secondary N) is 1. The number of aryl methyl sites for hydroxylation is 1. The number of ether oxygens (including phenoxy) is 2. The van der Waals surface area contributed by atoms with Crippen LogP contribution in [0.5, 0.6) is 0 Å². The number of likely N-dealkylation sites (tertiary alicyclic amines) is 1. The van der Waals surface area contributed by atoms with E-state index in [1.54, 1.807) is 11.0 Å². The van der Waals surface area contributed by atoms with Gasteiger partial charge in [0.2, 0.25) is 11.8 Å². The van der Waals surface area contributed by atoms with Crippen LogP contribution >= 0.6 is 0 Å². The van der Waals surface area contributed by atoms with Gasteiger partial charge in [-0.25, -0.2) is 0 Å². The van der Waals surface area contributed by atoms with Crippen LogP contribution in [0.3, 0.4) is 0 Å². The minimum absolute atomic E-state index is 0.0211. The lowest BCUT2D eigenvalue weighted by Crippen LogP contribution is -2.60. The predicted molar refractivity (Wildman–Crippen MR) is 127 cm³/mol. The van der Waals surface area contributed by atoms with E-state index in [1.807, 2.05) is 50.8 Å². The number of benzene rings is 1. The van der Waals surface area contributed by atoms with Gasteiger partial charge in [-0.2, -0.15) is 0 Å². The molecule has 1 aromatic rings. The van der Waals surface area contributed by atoms with Gasteiger partial charge >= 0.3 is 0 Å². The lowest BCUT2D eigenvalue weighted by molar-refractivity contribution is -0.150. The Morgan fingerprint density at radius 1 is 1.18 bits per heavy atom. The molecule has 3 amide bonds. The molecular formula is C26H37N3O5. The molecule has 0 unspecified atom stereocenters. The molecule has 186 valence electrons. The van der Waals surface area contributed by atoms with Crippen LogP contribution in [0.25, 0.3) is 0 Å². The largest absolute Gasteiger partial charge is 0.376 e. The van der Waals surface area contributed by atoms with Crippen LogP contribution in [-0.2, 0) is 19.1 Å². The SMILES string of the molecule is Cc1cccc(C(=O)N2[C@@H](C(=O)NC[C@H]3CCCO3)COC23CCN(C(=O)C(C)(C)C)CC3)c1. The van der Waals surface area contributed by atoms with E-state index < -0.39 is 17.2 Å². The highest BCUT2D eigenvalue weighted by Gasteiger charge is 2.54. The van der Waals surface area contributed by atoms with Gasteiger partial charge in [-0.05, 0) is 31.9 Å². The number of rotatable bonds is 4. The summed E-state index contributed by atoms with van der Waals surface area (Å²) in [6, 6.07) is 6.69. The molecule has 8 nitrogen and oxygen atoms in total. The maximum absolute atomic E-state index is 13.8. The van der Waals surface area contributed by atoms with Crippen LogP contribution in [0.2, 0.25) is 0 Å². The average molecular weight is 472 g/mol. The molecule has 3 saturated heterocycles. The fourth-order valence-electron chi connectivity index (χ4n) is 5.16. The topological polar surface area (TPSA) is 88.2 Å². The molecule has 0 radical (unpaired) electrons. The highest BCUT2D eigenvalue weighted by Crippen LogP contribution is 2.39. The Balaban J connectivity index is 1.55. The third-order valence-corrected chi connectivity index (χ3v) is 7.05. The normalized spacial score (nSPS) is 24.5. The lowest BCUT2D eigenvalue weighted by Gasteiger charge is -2.45. The lowest BCUT2D eigenvalue weighted by atomic mass is 9.91. The Hall–Kier alpha value is -2.45. The van der Waals surface area contributed by atoms with Gasteiger partial charge in [0.05, 0.1) is 12.7 Å². The molecule has 8 heteroatoms. The second-order valence-electron chi connectivity index (χ2n) is 10.7. The molecule has 1 N–H and O–H groups in total. The van der Waals surface area contributed by atoms with Crippen molar-refractivity contribution in [3.8, 4) is 0 Å². The van der Waals surface area contributed by atoms with E-state index in [0.717, 1.165) is 25.0 Å². The van der Waals surface area contributed by atoms with Crippen molar-refractivity contribution in [2.75, 3.05) is 32.8 Å². The minimum atomic E-state index is -0.901. The first kappa shape index (κ1) is 24.7. The van der Waals surface area contributed by atoms with Crippen LogP contribution in [0.15, 0.2) is 24.3 Å². The van der Waals surface area contributed by atoms with Crippen molar-refractivity contribution in [3.63, 3.8) is 0 Å². The van der Waals surface area contributed by atoms with E-state index in [2.05, 4.69) is 5.32 Å². The average Bonchev–Trinajstić information content (AvgIpc) is 3.45. The quantitative estimate of drug-likeness (QED) is 0.729. The van der Waals surface area contributed by atoms with E-state index in [-0.39, 0.29) is 30.4 Å². The maximum atomic E-state index is 13.8. The molecule has 0 aromatic heterocycles. The molecule has 0 aliphatic carbocycles. The fraction of sp³-hybridized carbons (Fsp3) is 0.654. The summed E-state index contributed by atoms with van der Waals surface area (Å²) in [7, 11) is 0. The zero-order valence-electron chi connectivity index (χ0n) is 20.8. The molecule has 3 heterocycles. The Bertz CT molecular complexity index is 927. The molecular weight excluding hydrogens is 434 g/mol. The van der Waals surface area contributed by atoms with Crippen molar-refractivity contribution in [3.05, 3.63) is 35.4 Å². The molecule has 4 rings (SSSR count). The Morgan fingerprint density at radius 3 is 2.53 bits per heavy atom. The van der Waals surface area contributed by atoms with E-state index in [0.29, 0.717) is 38.0 Å². The second kappa shape index (κ2) is 9.66. The van der Waals surface area contributed by atoms with Gasteiger partial charge in [-0.15, -0.1) is 0 Å². The standard InChI is InChI=1S/C26H37N3O5/c1-18-7-5-8-19(15-18)23(31)29-21(22(30)27-16-20-9-6-14-33-20)17-34-26(29)10-12-28(13-11-26)24(32)25(2,3)4/h5,7-8,15,20-21H,6,9-14,16-17H2,1-4H3,(H,27,30)/t20-,21-/m1/s1. The molecule has 2 atom stereocenters. The Labute approximate surface area is 201 Å². The first-order chi connectivity index (χ1) is 16.1. The summed E-state index contributed by atoms with van der Waals surface area (Å²) < 4.78 is 11.9. The number of piperidine rings is 1. The van der Waals surface area contributed by atoms with Gasteiger partial charge in [-0.1, -0.05) is 38.5 Å². The van der Waals surface area contributed by atoms with Gasteiger partial charge in [0.25, 0.3) is 5.91 Å². The number of hydrogen-bond acceptors (Lipinski definition) is 5. The van der Waals surface area contributed by atoms with Crippen LogP contribution in [-0.4, -0.2) is 78.2 Å². The van der Waals surface area contributed by atoms with E-state index in [4.69, 9.17) is 9.47 Å². The predicted octanol–water partition coefficient (Wildman–Crippen LogP) is 2.50. The molecule has 1 aromatic carbocycles. The first-order valence-corrected chi connectivity index (χ1v) is 12.3. The Kier molecular flexibility index (Phi) is 7.01. The first-order valence-electron chi connectivity index (χ1n) is 12.3.